The molecule has 0 aliphatic carbocycles. The van der Waals surface area contributed by atoms with Gasteiger partial charge in [-0.1, -0.05) is 38.1 Å². The lowest BCUT2D eigenvalue weighted by molar-refractivity contribution is -0.124. The van der Waals surface area contributed by atoms with Crippen LogP contribution in [0.1, 0.15) is 43.8 Å². The van der Waals surface area contributed by atoms with Crippen LogP contribution in [0, 0.1) is 19.8 Å². The largest absolute Gasteiger partial charge is 0.346 e. The van der Waals surface area contributed by atoms with Gasteiger partial charge in [-0.25, -0.2) is 4.98 Å². The minimum absolute atomic E-state index is 0.0454. The fourth-order valence-electron chi connectivity index (χ4n) is 3.24. The second-order valence-electron chi connectivity index (χ2n) is 7.80. The molecule has 1 aromatic heterocycles. The van der Waals surface area contributed by atoms with Gasteiger partial charge >= 0.3 is 0 Å². The van der Waals surface area contributed by atoms with E-state index in [2.05, 4.69) is 15.6 Å². The third-order valence-corrected chi connectivity index (χ3v) is 4.92. The first-order valence-electron chi connectivity index (χ1n) is 9.89. The van der Waals surface area contributed by atoms with Crippen LogP contribution in [-0.4, -0.2) is 21.4 Å². The van der Waals surface area contributed by atoms with E-state index in [0.717, 1.165) is 27.8 Å². The van der Waals surface area contributed by atoms with Gasteiger partial charge in [0, 0.05) is 11.6 Å². The van der Waals surface area contributed by atoms with Crippen molar-refractivity contribution in [3.05, 3.63) is 59.4 Å². The van der Waals surface area contributed by atoms with Gasteiger partial charge in [-0.15, -0.1) is 0 Å². The van der Waals surface area contributed by atoms with Crippen LogP contribution in [0.25, 0.3) is 11.0 Å². The van der Waals surface area contributed by atoms with Crippen molar-refractivity contribution in [2.24, 2.45) is 5.92 Å². The Morgan fingerprint density at radius 3 is 2.52 bits per heavy atom. The van der Waals surface area contributed by atoms with Crippen LogP contribution in [0.2, 0.25) is 0 Å². The third-order valence-electron chi connectivity index (χ3n) is 4.92. The lowest BCUT2D eigenvalue weighted by atomic mass is 10.1. The number of nitrogens with one attached hydrogen (secondary N) is 2. The summed E-state index contributed by atoms with van der Waals surface area (Å²) in [5, 5.41) is 5.99. The SMILES string of the molecule is Cc1ccc(C)c(NC(=O)Cn2c(C(C)NC(=O)C(C)C)nc3ccccc32)c1. The molecule has 0 fully saturated rings. The standard InChI is InChI=1S/C23H28N4O2/c1-14(2)23(29)24-17(5)22-26-18-8-6-7-9-20(18)27(22)13-21(28)25-19-12-15(3)10-11-16(19)4/h6-12,14,17H,13H2,1-5H3,(H,24,29)(H,25,28). The van der Waals surface area contributed by atoms with Gasteiger partial charge in [0.25, 0.3) is 0 Å². The van der Waals surface area contributed by atoms with Gasteiger partial charge in [-0.05, 0) is 50.1 Å². The van der Waals surface area contributed by atoms with Crippen molar-refractivity contribution in [1.29, 1.82) is 0 Å². The second kappa shape index (κ2) is 8.47. The van der Waals surface area contributed by atoms with Crippen molar-refractivity contribution in [2.75, 3.05) is 5.32 Å². The molecule has 1 unspecified atom stereocenters. The Hall–Kier alpha value is -3.15. The zero-order valence-corrected chi connectivity index (χ0v) is 17.6. The van der Waals surface area contributed by atoms with Crippen LogP contribution in [-0.2, 0) is 16.1 Å². The first-order chi connectivity index (χ1) is 13.8. The Kier molecular flexibility index (Phi) is 6.01. The molecule has 3 aromatic rings. The number of fused-ring (bicyclic) bond motifs is 1. The van der Waals surface area contributed by atoms with Gasteiger partial charge < -0.3 is 15.2 Å². The molecular weight excluding hydrogens is 364 g/mol. The van der Waals surface area contributed by atoms with Crippen LogP contribution in [0.4, 0.5) is 5.69 Å². The lowest BCUT2D eigenvalue weighted by Crippen LogP contribution is -2.32. The molecule has 0 bridgehead atoms. The van der Waals surface area contributed by atoms with Crippen LogP contribution < -0.4 is 10.6 Å². The summed E-state index contributed by atoms with van der Waals surface area (Å²) in [5.74, 6) is 0.362. The summed E-state index contributed by atoms with van der Waals surface area (Å²) in [6.45, 7) is 9.67. The number of imidazole rings is 1. The number of amides is 2. The molecule has 0 aliphatic rings. The maximum absolute atomic E-state index is 12.8. The molecule has 1 atom stereocenters. The van der Waals surface area contributed by atoms with Crippen LogP contribution >= 0.6 is 0 Å². The summed E-state index contributed by atoms with van der Waals surface area (Å²) in [4.78, 5) is 29.7. The Morgan fingerprint density at radius 1 is 1.07 bits per heavy atom. The quantitative estimate of drug-likeness (QED) is 0.662. The van der Waals surface area contributed by atoms with E-state index in [4.69, 9.17) is 0 Å². The van der Waals surface area contributed by atoms with E-state index < -0.39 is 0 Å². The molecule has 6 heteroatoms. The van der Waals surface area contributed by atoms with Crippen molar-refractivity contribution >= 4 is 28.5 Å². The summed E-state index contributed by atoms with van der Waals surface area (Å²) in [7, 11) is 0. The number of aromatic nitrogens is 2. The van der Waals surface area contributed by atoms with Crippen LogP contribution in [0.15, 0.2) is 42.5 Å². The molecule has 3 rings (SSSR count). The van der Waals surface area contributed by atoms with Crippen molar-refractivity contribution in [3.8, 4) is 0 Å². The highest BCUT2D eigenvalue weighted by Gasteiger charge is 2.21. The number of hydrogen-bond acceptors (Lipinski definition) is 3. The molecule has 2 amide bonds. The molecule has 6 nitrogen and oxygen atoms in total. The lowest BCUT2D eigenvalue weighted by Gasteiger charge is -2.18. The molecule has 0 spiro atoms. The third kappa shape index (κ3) is 4.65. The van der Waals surface area contributed by atoms with E-state index >= 15 is 0 Å². The van der Waals surface area contributed by atoms with Gasteiger partial charge in [0.15, 0.2) is 0 Å². The number of hydrogen-bond donors (Lipinski definition) is 2. The maximum Gasteiger partial charge on any atom is 0.244 e. The van der Waals surface area contributed by atoms with Crippen molar-refractivity contribution in [2.45, 2.75) is 47.2 Å². The van der Waals surface area contributed by atoms with E-state index in [1.54, 1.807) is 0 Å². The van der Waals surface area contributed by atoms with Gasteiger partial charge in [0.1, 0.15) is 12.4 Å². The van der Waals surface area contributed by atoms with Crippen LogP contribution in [0.5, 0.6) is 0 Å². The fourth-order valence-corrected chi connectivity index (χ4v) is 3.24. The minimum Gasteiger partial charge on any atom is -0.346 e. The highest BCUT2D eigenvalue weighted by atomic mass is 16.2. The first kappa shape index (κ1) is 20.6. The monoisotopic (exact) mass is 392 g/mol. The number of carbonyl (C=O) groups excluding carboxylic acids is 2. The highest BCUT2D eigenvalue weighted by molar-refractivity contribution is 5.92. The zero-order valence-electron chi connectivity index (χ0n) is 17.6. The van der Waals surface area contributed by atoms with E-state index in [1.165, 1.54) is 0 Å². The summed E-state index contributed by atoms with van der Waals surface area (Å²) in [6.07, 6.45) is 0. The number of anilines is 1. The Bertz CT molecular complexity index is 1050. The molecular formula is C23H28N4O2. The number of benzene rings is 2. The maximum atomic E-state index is 12.8. The van der Waals surface area contributed by atoms with Crippen molar-refractivity contribution in [1.82, 2.24) is 14.9 Å². The van der Waals surface area contributed by atoms with Crippen molar-refractivity contribution in [3.63, 3.8) is 0 Å². The molecule has 1 heterocycles. The molecule has 0 radical (unpaired) electrons. The number of aryl methyl sites for hydroxylation is 2. The average molecular weight is 393 g/mol. The van der Waals surface area contributed by atoms with E-state index in [0.29, 0.717) is 5.82 Å². The molecule has 2 aromatic carbocycles. The van der Waals surface area contributed by atoms with Crippen LogP contribution in [0.3, 0.4) is 0 Å². The normalized spacial score (nSPS) is 12.2. The van der Waals surface area contributed by atoms with Gasteiger partial charge in [0.05, 0.1) is 17.1 Å². The Morgan fingerprint density at radius 2 is 1.79 bits per heavy atom. The van der Waals surface area contributed by atoms with Gasteiger partial charge in [-0.3, -0.25) is 9.59 Å². The highest BCUT2D eigenvalue weighted by Crippen LogP contribution is 2.22. The Balaban J connectivity index is 1.90. The smallest absolute Gasteiger partial charge is 0.244 e. The van der Waals surface area contributed by atoms with E-state index in [1.807, 2.05) is 81.7 Å². The molecule has 0 saturated heterocycles. The van der Waals surface area contributed by atoms with Gasteiger partial charge in [-0.2, -0.15) is 0 Å². The minimum atomic E-state index is -0.314. The number of rotatable bonds is 6. The van der Waals surface area contributed by atoms with Gasteiger partial charge in [0.2, 0.25) is 11.8 Å². The average Bonchev–Trinajstić information content (AvgIpc) is 3.03. The molecule has 0 aliphatic heterocycles. The molecule has 2 N–H and O–H groups in total. The van der Waals surface area contributed by atoms with Crippen molar-refractivity contribution < 1.29 is 9.59 Å². The van der Waals surface area contributed by atoms with E-state index in [9.17, 15) is 9.59 Å². The molecule has 0 saturated carbocycles. The predicted octanol–water partition coefficient (Wildman–Crippen LogP) is 4.13. The van der Waals surface area contributed by atoms with E-state index in [-0.39, 0.29) is 30.3 Å². The molecule has 29 heavy (non-hydrogen) atoms. The number of para-hydroxylation sites is 2. The summed E-state index contributed by atoms with van der Waals surface area (Å²) in [5.41, 5.74) is 4.57. The molecule has 152 valence electrons. The number of nitrogens with zero attached hydrogens (tertiary/aromatic N) is 2. The predicted molar refractivity (Wildman–Crippen MR) is 116 cm³/mol. The summed E-state index contributed by atoms with van der Waals surface area (Å²) < 4.78 is 1.88. The number of carbonyl (C=O) groups is 2. The fraction of sp³-hybridized carbons (Fsp3) is 0.348. The summed E-state index contributed by atoms with van der Waals surface area (Å²) in [6, 6.07) is 13.3. The summed E-state index contributed by atoms with van der Waals surface area (Å²) >= 11 is 0. The zero-order chi connectivity index (χ0) is 21.1. The first-order valence-corrected chi connectivity index (χ1v) is 9.89. The second-order valence-corrected chi connectivity index (χ2v) is 7.80. The Labute approximate surface area is 171 Å². The topological polar surface area (TPSA) is 76.0 Å².